The summed E-state index contributed by atoms with van der Waals surface area (Å²) in [4.78, 5) is 109. The van der Waals surface area contributed by atoms with Gasteiger partial charge in [0, 0.05) is 68.2 Å². The largest absolute Gasteiger partial charge is 0.382 e. The number of aryl methyl sites for hydroxylation is 1. The Labute approximate surface area is 345 Å². The lowest BCUT2D eigenvalue weighted by Gasteiger charge is -2.36. The summed E-state index contributed by atoms with van der Waals surface area (Å²) in [5, 5.41) is 6.05. The molecule has 1 aromatic carbocycles. The van der Waals surface area contributed by atoms with Crippen molar-refractivity contribution in [2.24, 2.45) is 0 Å². The van der Waals surface area contributed by atoms with E-state index in [2.05, 4.69) is 20.5 Å². The van der Waals surface area contributed by atoms with Crippen LogP contribution in [0.5, 0.6) is 0 Å². The Hall–Kier alpha value is -6.36. The number of pyridine rings is 2. The molecule has 0 radical (unpaired) electrons. The van der Waals surface area contributed by atoms with Crippen LogP contribution in [-0.4, -0.2) is 117 Å². The maximum atomic E-state index is 13.6. The minimum Gasteiger partial charge on any atom is -0.382 e. The fourth-order valence-corrected chi connectivity index (χ4v) is 8.79. The molecule has 3 aromatic heterocycles. The van der Waals surface area contributed by atoms with Crippen molar-refractivity contribution in [3.8, 4) is 0 Å². The van der Waals surface area contributed by atoms with Crippen molar-refractivity contribution in [2.45, 2.75) is 77.3 Å². The van der Waals surface area contributed by atoms with Crippen molar-refractivity contribution in [2.75, 3.05) is 56.2 Å². The molecule has 5 amide bonds. The summed E-state index contributed by atoms with van der Waals surface area (Å²) >= 11 is 0. The molecule has 60 heavy (non-hydrogen) atoms. The molecule has 17 nitrogen and oxygen atoms in total. The van der Waals surface area contributed by atoms with Gasteiger partial charge in [-0.3, -0.25) is 53.3 Å². The van der Waals surface area contributed by atoms with Gasteiger partial charge >= 0.3 is 0 Å². The van der Waals surface area contributed by atoms with Gasteiger partial charge in [-0.1, -0.05) is 18.9 Å². The summed E-state index contributed by atoms with van der Waals surface area (Å²) in [5.74, 6) is -1.96. The first kappa shape index (κ1) is 40.4. The van der Waals surface area contributed by atoms with Gasteiger partial charge in [0.25, 0.3) is 17.4 Å². The number of carbonyl (C=O) groups excluding carboxylic acids is 6. The highest BCUT2D eigenvalue weighted by Crippen LogP contribution is 2.33. The Morgan fingerprint density at radius 1 is 0.917 bits per heavy atom. The van der Waals surface area contributed by atoms with Crippen molar-refractivity contribution in [3.05, 3.63) is 86.9 Å². The summed E-state index contributed by atoms with van der Waals surface area (Å²) in [6, 6.07) is 7.79. The number of fused-ring (bicyclic) bond motifs is 2. The summed E-state index contributed by atoms with van der Waals surface area (Å²) in [7, 11) is 0. The first-order chi connectivity index (χ1) is 29.0. The van der Waals surface area contributed by atoms with Crippen LogP contribution in [0.4, 0.5) is 11.4 Å². The highest BCUT2D eigenvalue weighted by molar-refractivity contribution is 6.25. The first-order valence-electron chi connectivity index (χ1n) is 20.6. The zero-order valence-electron chi connectivity index (χ0n) is 33.7. The molecule has 1 saturated carbocycles. The predicted molar refractivity (Wildman–Crippen MR) is 219 cm³/mol. The van der Waals surface area contributed by atoms with E-state index in [1.54, 1.807) is 29.8 Å². The second-order valence-corrected chi connectivity index (χ2v) is 15.7. The van der Waals surface area contributed by atoms with Crippen LogP contribution < -0.4 is 21.1 Å². The van der Waals surface area contributed by atoms with Gasteiger partial charge in [0.05, 0.1) is 54.6 Å². The Bertz CT molecular complexity index is 2450. The van der Waals surface area contributed by atoms with E-state index in [1.807, 2.05) is 23.2 Å². The topological polar surface area (TPSA) is 206 Å². The summed E-state index contributed by atoms with van der Waals surface area (Å²) in [6.07, 6.45) is 8.08. The molecular weight excluding hydrogens is 771 g/mol. The molecule has 8 rings (SSSR count). The van der Waals surface area contributed by atoms with Gasteiger partial charge in [0.2, 0.25) is 17.7 Å². The third-order valence-corrected chi connectivity index (χ3v) is 11.9. The molecule has 0 bridgehead atoms. The SMILES string of the molecule is CC(=O)c1c(C)c2cnc(Cc3ccc(N4CCN(C(=O)CCOCCNc5cccc6c5C(=O)N(C5CCC(=O)NC5=O)C6=O)CC4)cn3)nc2n(C2CCCC2)c1=O. The number of carbonyl (C=O) groups is 6. The number of benzene rings is 1. The average molecular weight is 818 g/mol. The van der Waals surface area contributed by atoms with Crippen molar-refractivity contribution in [1.29, 1.82) is 0 Å². The third kappa shape index (κ3) is 7.88. The van der Waals surface area contributed by atoms with Gasteiger partial charge in [0.1, 0.15) is 17.5 Å². The molecule has 17 heteroatoms. The molecule has 1 atom stereocenters. The van der Waals surface area contributed by atoms with Crippen LogP contribution in [0, 0.1) is 6.92 Å². The van der Waals surface area contributed by atoms with Gasteiger partial charge in [-0.2, -0.15) is 0 Å². The summed E-state index contributed by atoms with van der Waals surface area (Å²) in [6.45, 7) is 6.42. The van der Waals surface area contributed by atoms with E-state index >= 15 is 0 Å². The van der Waals surface area contributed by atoms with Gasteiger partial charge in [-0.15, -0.1) is 0 Å². The number of nitrogens with zero attached hydrogens (tertiary/aromatic N) is 7. The molecule has 2 saturated heterocycles. The molecule has 1 unspecified atom stereocenters. The van der Waals surface area contributed by atoms with E-state index < -0.39 is 29.7 Å². The molecule has 1 aliphatic carbocycles. The number of hydrogen-bond acceptors (Lipinski definition) is 13. The fraction of sp³-hybridized carbons (Fsp3) is 0.442. The number of hydrogen-bond donors (Lipinski definition) is 2. The van der Waals surface area contributed by atoms with Crippen molar-refractivity contribution in [3.63, 3.8) is 0 Å². The lowest BCUT2D eigenvalue weighted by Crippen LogP contribution is -2.54. The molecular formula is C43H47N9O8. The zero-order chi connectivity index (χ0) is 42.1. The number of rotatable bonds is 13. The average Bonchev–Trinajstić information content (AvgIpc) is 3.86. The number of aromatic nitrogens is 4. The Kier molecular flexibility index (Phi) is 11.5. The number of piperazine rings is 1. The predicted octanol–water partition coefficient (Wildman–Crippen LogP) is 2.97. The van der Waals surface area contributed by atoms with Crippen LogP contribution in [0.15, 0.2) is 47.5 Å². The van der Waals surface area contributed by atoms with Crippen molar-refractivity contribution < 1.29 is 33.5 Å². The van der Waals surface area contributed by atoms with E-state index in [4.69, 9.17) is 14.7 Å². The monoisotopic (exact) mass is 817 g/mol. The highest BCUT2D eigenvalue weighted by atomic mass is 16.5. The lowest BCUT2D eigenvalue weighted by molar-refractivity contribution is -0.136. The molecule has 3 aliphatic heterocycles. The smallest absolute Gasteiger partial charge is 0.264 e. The molecule has 3 fully saturated rings. The van der Waals surface area contributed by atoms with E-state index in [-0.39, 0.29) is 72.5 Å². The van der Waals surface area contributed by atoms with Crippen LogP contribution in [0.1, 0.15) is 106 Å². The Morgan fingerprint density at radius 2 is 1.70 bits per heavy atom. The zero-order valence-corrected chi connectivity index (χ0v) is 33.7. The van der Waals surface area contributed by atoms with Crippen LogP contribution in [0.25, 0.3) is 11.0 Å². The standard InChI is InChI=1S/C43H47N9O8/c1-25-31-24-46-34(47-39(31)51(28-6-3-4-7-28)42(58)37(25)26(2)53)22-27-10-11-29(23-45-27)49-16-18-50(19-17-49)36(55)14-20-60-21-15-44-32-9-5-8-30-38(32)43(59)52(41(30)57)33-12-13-35(54)48-40(33)56/h5,8-11,23-24,28,33,44H,3-4,6-7,12-22H2,1-2H3,(H,48,54,56). The number of imide groups is 2. The number of amides is 5. The maximum Gasteiger partial charge on any atom is 0.264 e. The number of ether oxygens (including phenoxy) is 1. The van der Waals surface area contributed by atoms with E-state index in [0.29, 0.717) is 67.3 Å². The normalized spacial score (nSPS) is 18.4. The molecule has 4 aliphatic rings. The number of nitrogens with one attached hydrogen (secondary N) is 2. The number of piperidine rings is 1. The molecule has 312 valence electrons. The molecule has 0 spiro atoms. The number of ketones is 1. The quantitative estimate of drug-likeness (QED) is 0.113. The third-order valence-electron chi connectivity index (χ3n) is 11.9. The Morgan fingerprint density at radius 3 is 2.42 bits per heavy atom. The lowest BCUT2D eigenvalue weighted by atomic mass is 10.0. The minimum absolute atomic E-state index is 0.00365. The second kappa shape index (κ2) is 17.1. The van der Waals surface area contributed by atoms with E-state index in [9.17, 15) is 33.6 Å². The summed E-state index contributed by atoms with van der Waals surface area (Å²) < 4.78 is 7.45. The second-order valence-electron chi connectivity index (χ2n) is 15.7. The fourth-order valence-electron chi connectivity index (χ4n) is 8.79. The van der Waals surface area contributed by atoms with Crippen LogP contribution in [0.2, 0.25) is 0 Å². The maximum absolute atomic E-state index is 13.6. The molecule has 6 heterocycles. The van der Waals surface area contributed by atoms with Gasteiger partial charge < -0.3 is 19.9 Å². The van der Waals surface area contributed by atoms with E-state index in [1.165, 1.54) is 13.0 Å². The number of anilines is 2. The van der Waals surface area contributed by atoms with Gasteiger partial charge in [-0.25, -0.2) is 9.97 Å². The molecule has 2 N–H and O–H groups in total. The van der Waals surface area contributed by atoms with Gasteiger partial charge in [0.15, 0.2) is 5.78 Å². The van der Waals surface area contributed by atoms with Crippen molar-refractivity contribution in [1.82, 2.24) is 34.6 Å². The minimum atomic E-state index is -1.04. The van der Waals surface area contributed by atoms with Crippen LogP contribution in [-0.2, 0) is 25.5 Å². The van der Waals surface area contributed by atoms with E-state index in [0.717, 1.165) is 42.0 Å². The Balaban J connectivity index is 0.791. The van der Waals surface area contributed by atoms with Crippen molar-refractivity contribution >= 4 is 57.7 Å². The summed E-state index contributed by atoms with van der Waals surface area (Å²) in [5.41, 5.74) is 3.65. The number of Topliss-reactive ketones (excluding diaryl/α,β-unsaturated/α-hetero) is 1. The first-order valence-corrected chi connectivity index (χ1v) is 20.6. The van der Waals surface area contributed by atoms with Crippen LogP contribution in [0.3, 0.4) is 0 Å². The molecule has 4 aromatic rings. The van der Waals surface area contributed by atoms with Gasteiger partial charge in [-0.05, 0) is 62.9 Å². The van der Waals surface area contributed by atoms with Crippen LogP contribution >= 0.6 is 0 Å². The highest BCUT2D eigenvalue weighted by Gasteiger charge is 2.45.